The molecule has 0 radical (unpaired) electrons. The third kappa shape index (κ3) is 13.7. The lowest BCUT2D eigenvalue weighted by Crippen LogP contribution is -2.22. The highest BCUT2D eigenvalue weighted by Gasteiger charge is 2.17. The van der Waals surface area contributed by atoms with Gasteiger partial charge in [0.25, 0.3) is 0 Å². The summed E-state index contributed by atoms with van der Waals surface area (Å²) in [5.41, 5.74) is 0. The van der Waals surface area contributed by atoms with Gasteiger partial charge in [-0.05, 0) is 12.3 Å². The van der Waals surface area contributed by atoms with E-state index in [2.05, 4.69) is 6.92 Å². The van der Waals surface area contributed by atoms with Gasteiger partial charge in [0.1, 0.15) is 0 Å². The third-order valence-electron chi connectivity index (χ3n) is 3.20. The molecule has 0 bridgehead atoms. The monoisotopic (exact) mass is 300 g/mol. The van der Waals surface area contributed by atoms with E-state index in [0.717, 1.165) is 12.8 Å². The van der Waals surface area contributed by atoms with Crippen LogP contribution >= 0.6 is 0 Å². The first-order valence-corrected chi connectivity index (χ1v) is 8.41. The van der Waals surface area contributed by atoms with Crippen molar-refractivity contribution < 1.29 is 19.1 Å². The molecule has 0 aromatic heterocycles. The van der Waals surface area contributed by atoms with Crippen LogP contribution in [0.5, 0.6) is 0 Å². The van der Waals surface area contributed by atoms with Crippen molar-refractivity contribution in [1.29, 1.82) is 0 Å². The molecule has 0 aliphatic heterocycles. The van der Waals surface area contributed by atoms with Crippen LogP contribution in [0, 0.1) is 5.92 Å². The Bertz CT molecular complexity index is 274. The average Bonchev–Trinajstić information content (AvgIpc) is 2.46. The fourth-order valence-corrected chi connectivity index (χ4v) is 1.94. The number of hydrogen-bond acceptors (Lipinski definition) is 4. The predicted molar refractivity (Wildman–Crippen MR) is 84.0 cm³/mol. The molecule has 0 atom stereocenters. The van der Waals surface area contributed by atoms with Crippen molar-refractivity contribution >= 4 is 11.9 Å². The molecule has 4 nitrogen and oxygen atoms in total. The molecule has 0 aliphatic rings. The summed E-state index contributed by atoms with van der Waals surface area (Å²) in [4.78, 5) is 22.5. The number of esters is 2. The molecule has 0 aliphatic carbocycles. The molecule has 0 N–H and O–H groups in total. The second-order valence-electron chi connectivity index (χ2n) is 5.96. The smallest absolute Gasteiger partial charge is 0.417 e. The molecule has 0 unspecified atom stereocenters. The lowest BCUT2D eigenvalue weighted by molar-refractivity contribution is -0.168. The van der Waals surface area contributed by atoms with Crippen molar-refractivity contribution in [3.8, 4) is 0 Å². The van der Waals surface area contributed by atoms with Gasteiger partial charge in [0.2, 0.25) is 0 Å². The van der Waals surface area contributed by atoms with Crippen LogP contribution in [-0.4, -0.2) is 25.2 Å². The molecule has 0 saturated heterocycles. The molecule has 0 aromatic carbocycles. The van der Waals surface area contributed by atoms with E-state index in [-0.39, 0.29) is 12.5 Å². The van der Waals surface area contributed by atoms with Gasteiger partial charge in [0, 0.05) is 0 Å². The summed E-state index contributed by atoms with van der Waals surface area (Å²) in [5.74, 6) is -1.52. The lowest BCUT2D eigenvalue weighted by Gasteiger charge is -2.07. The first-order valence-electron chi connectivity index (χ1n) is 8.41. The Labute approximate surface area is 129 Å². The van der Waals surface area contributed by atoms with E-state index in [1.54, 1.807) is 0 Å². The van der Waals surface area contributed by atoms with E-state index in [9.17, 15) is 9.59 Å². The van der Waals surface area contributed by atoms with E-state index in [1.807, 2.05) is 13.8 Å². The van der Waals surface area contributed by atoms with E-state index in [1.165, 1.54) is 44.9 Å². The number of carbonyl (C=O) groups excluding carboxylic acids is 2. The standard InChI is InChI=1S/C17H32O4/c1-4-5-6-7-8-9-10-11-12-13-20-16(18)17(19)21-14-15(2)3/h15H,4-14H2,1-3H3. The van der Waals surface area contributed by atoms with Crippen LogP contribution in [0.25, 0.3) is 0 Å². The highest BCUT2D eigenvalue weighted by atomic mass is 16.6. The Morgan fingerprint density at radius 3 is 1.76 bits per heavy atom. The molecule has 124 valence electrons. The van der Waals surface area contributed by atoms with Crippen molar-refractivity contribution in [2.45, 2.75) is 78.6 Å². The van der Waals surface area contributed by atoms with Crippen LogP contribution in [0.1, 0.15) is 78.6 Å². The van der Waals surface area contributed by atoms with Gasteiger partial charge >= 0.3 is 11.9 Å². The van der Waals surface area contributed by atoms with Gasteiger partial charge in [-0.1, -0.05) is 72.1 Å². The van der Waals surface area contributed by atoms with Crippen LogP contribution in [-0.2, 0) is 19.1 Å². The Kier molecular flexibility index (Phi) is 13.2. The van der Waals surface area contributed by atoms with E-state index < -0.39 is 11.9 Å². The molecule has 0 aromatic rings. The summed E-state index contributed by atoms with van der Waals surface area (Å²) >= 11 is 0. The highest BCUT2D eigenvalue weighted by molar-refractivity contribution is 6.29. The normalized spacial score (nSPS) is 10.7. The van der Waals surface area contributed by atoms with Gasteiger partial charge in [-0.25, -0.2) is 9.59 Å². The zero-order chi connectivity index (χ0) is 15.9. The SMILES string of the molecule is CCCCCCCCCCCOC(=O)C(=O)OCC(C)C. The first-order chi connectivity index (χ1) is 10.1. The number of ether oxygens (including phenoxy) is 2. The fraction of sp³-hybridized carbons (Fsp3) is 0.882. The Morgan fingerprint density at radius 1 is 0.762 bits per heavy atom. The molecular weight excluding hydrogens is 268 g/mol. The largest absolute Gasteiger partial charge is 0.457 e. The molecule has 21 heavy (non-hydrogen) atoms. The van der Waals surface area contributed by atoms with Crippen LogP contribution < -0.4 is 0 Å². The minimum atomic E-state index is -0.875. The molecule has 0 heterocycles. The number of carbonyl (C=O) groups is 2. The van der Waals surface area contributed by atoms with Crippen LogP contribution in [0.3, 0.4) is 0 Å². The van der Waals surface area contributed by atoms with Gasteiger partial charge in [-0.2, -0.15) is 0 Å². The average molecular weight is 300 g/mol. The van der Waals surface area contributed by atoms with Crippen molar-refractivity contribution in [2.24, 2.45) is 5.92 Å². The summed E-state index contributed by atoms with van der Waals surface area (Å²) in [6.45, 7) is 6.62. The van der Waals surface area contributed by atoms with Gasteiger partial charge in [0.05, 0.1) is 13.2 Å². The minimum Gasteiger partial charge on any atom is -0.457 e. The Hall–Kier alpha value is -1.06. The van der Waals surface area contributed by atoms with Crippen LogP contribution in [0.2, 0.25) is 0 Å². The fourth-order valence-electron chi connectivity index (χ4n) is 1.94. The summed E-state index contributed by atoms with van der Waals surface area (Å²) in [7, 11) is 0. The molecule has 0 rings (SSSR count). The molecular formula is C17H32O4. The van der Waals surface area contributed by atoms with E-state index in [0.29, 0.717) is 6.61 Å². The van der Waals surface area contributed by atoms with Crippen molar-refractivity contribution in [3.05, 3.63) is 0 Å². The molecule has 0 amide bonds. The zero-order valence-electron chi connectivity index (χ0n) is 14.0. The predicted octanol–water partition coefficient (Wildman–Crippen LogP) is 4.26. The number of unbranched alkanes of at least 4 members (excludes halogenated alkanes) is 8. The Balaban J connectivity index is 3.34. The topological polar surface area (TPSA) is 52.6 Å². The van der Waals surface area contributed by atoms with E-state index in [4.69, 9.17) is 9.47 Å². The number of rotatable bonds is 12. The van der Waals surface area contributed by atoms with Crippen molar-refractivity contribution in [3.63, 3.8) is 0 Å². The van der Waals surface area contributed by atoms with Crippen LogP contribution in [0.4, 0.5) is 0 Å². The third-order valence-corrected chi connectivity index (χ3v) is 3.20. The summed E-state index contributed by atoms with van der Waals surface area (Å²) < 4.78 is 9.68. The maximum Gasteiger partial charge on any atom is 0.417 e. The number of hydrogen-bond donors (Lipinski definition) is 0. The van der Waals surface area contributed by atoms with Crippen LogP contribution in [0.15, 0.2) is 0 Å². The molecule has 0 saturated carbocycles. The Morgan fingerprint density at radius 2 is 1.24 bits per heavy atom. The van der Waals surface area contributed by atoms with Gasteiger partial charge in [-0.3, -0.25) is 0 Å². The van der Waals surface area contributed by atoms with E-state index >= 15 is 0 Å². The van der Waals surface area contributed by atoms with Crippen molar-refractivity contribution in [1.82, 2.24) is 0 Å². The van der Waals surface area contributed by atoms with Gasteiger partial charge < -0.3 is 9.47 Å². The second-order valence-corrected chi connectivity index (χ2v) is 5.96. The maximum absolute atomic E-state index is 11.3. The second kappa shape index (κ2) is 13.9. The van der Waals surface area contributed by atoms with Crippen molar-refractivity contribution in [2.75, 3.05) is 13.2 Å². The molecule has 0 spiro atoms. The summed E-state index contributed by atoms with van der Waals surface area (Å²) in [5, 5.41) is 0. The quantitative estimate of drug-likeness (QED) is 0.307. The molecule has 0 fully saturated rings. The highest BCUT2D eigenvalue weighted by Crippen LogP contribution is 2.09. The molecule has 4 heteroatoms. The lowest BCUT2D eigenvalue weighted by atomic mass is 10.1. The van der Waals surface area contributed by atoms with Gasteiger partial charge in [-0.15, -0.1) is 0 Å². The first kappa shape index (κ1) is 19.9. The maximum atomic E-state index is 11.3. The zero-order valence-corrected chi connectivity index (χ0v) is 14.0. The van der Waals surface area contributed by atoms with Gasteiger partial charge in [0.15, 0.2) is 0 Å². The summed E-state index contributed by atoms with van der Waals surface area (Å²) in [6.07, 6.45) is 10.8. The summed E-state index contributed by atoms with van der Waals surface area (Å²) in [6, 6.07) is 0. The minimum absolute atomic E-state index is 0.221.